The van der Waals surface area contributed by atoms with Crippen molar-refractivity contribution in [3.8, 4) is 0 Å². The molecule has 1 fully saturated rings. The van der Waals surface area contributed by atoms with Crippen molar-refractivity contribution >= 4 is 21.8 Å². The Balaban J connectivity index is 1.97. The molecule has 1 aromatic carbocycles. The molecule has 0 radical (unpaired) electrons. The molecule has 0 bridgehead atoms. The third-order valence-corrected chi connectivity index (χ3v) is 3.29. The quantitative estimate of drug-likeness (QED) is 0.843. The molecule has 15 heavy (non-hydrogen) atoms. The monoisotopic (exact) mass is 268 g/mol. The highest BCUT2D eigenvalue weighted by Gasteiger charge is 2.17. The van der Waals surface area contributed by atoms with Gasteiger partial charge in [0, 0.05) is 17.1 Å². The first-order valence-electron chi connectivity index (χ1n) is 4.99. The summed E-state index contributed by atoms with van der Waals surface area (Å²) >= 11 is 3.52. The lowest BCUT2D eigenvalue weighted by atomic mass is 10.0. The maximum Gasteiger partial charge on any atom is 0.234 e. The van der Waals surface area contributed by atoms with Gasteiger partial charge < -0.3 is 10.6 Å². The largest absolute Gasteiger partial charge is 0.353 e. The SMILES string of the molecule is O=C1CNC(Cc2ccccc2Br)CN1. The van der Waals surface area contributed by atoms with Crippen LogP contribution in [0.3, 0.4) is 0 Å². The van der Waals surface area contributed by atoms with E-state index in [2.05, 4.69) is 32.6 Å². The van der Waals surface area contributed by atoms with Crippen molar-refractivity contribution in [2.45, 2.75) is 12.5 Å². The molecule has 1 aliphatic heterocycles. The summed E-state index contributed by atoms with van der Waals surface area (Å²) in [4.78, 5) is 10.9. The highest BCUT2D eigenvalue weighted by Crippen LogP contribution is 2.17. The number of carbonyl (C=O) groups is 1. The van der Waals surface area contributed by atoms with Gasteiger partial charge in [-0.1, -0.05) is 34.1 Å². The topological polar surface area (TPSA) is 41.1 Å². The van der Waals surface area contributed by atoms with E-state index >= 15 is 0 Å². The Morgan fingerprint density at radius 3 is 2.87 bits per heavy atom. The smallest absolute Gasteiger partial charge is 0.234 e. The van der Waals surface area contributed by atoms with Gasteiger partial charge in [0.05, 0.1) is 6.54 Å². The van der Waals surface area contributed by atoms with E-state index < -0.39 is 0 Å². The Morgan fingerprint density at radius 2 is 2.20 bits per heavy atom. The summed E-state index contributed by atoms with van der Waals surface area (Å²) in [6, 6.07) is 8.51. The molecule has 0 spiro atoms. The molecule has 0 aliphatic carbocycles. The van der Waals surface area contributed by atoms with E-state index in [4.69, 9.17) is 0 Å². The maximum atomic E-state index is 10.9. The van der Waals surface area contributed by atoms with Gasteiger partial charge in [-0.05, 0) is 18.1 Å². The predicted octanol–water partition coefficient (Wildman–Crippen LogP) is 1.08. The summed E-state index contributed by atoms with van der Waals surface area (Å²) in [6.45, 7) is 1.13. The molecule has 1 amide bonds. The second-order valence-corrected chi connectivity index (χ2v) is 4.53. The van der Waals surface area contributed by atoms with Crippen LogP contribution in [0.15, 0.2) is 28.7 Å². The molecule has 2 rings (SSSR count). The zero-order chi connectivity index (χ0) is 10.7. The summed E-state index contributed by atoms with van der Waals surface area (Å²) in [5, 5.41) is 6.07. The van der Waals surface area contributed by atoms with E-state index in [9.17, 15) is 4.79 Å². The van der Waals surface area contributed by atoms with Crippen LogP contribution in [0.25, 0.3) is 0 Å². The number of halogens is 1. The normalized spacial score (nSPS) is 21.1. The fraction of sp³-hybridized carbons (Fsp3) is 0.364. The zero-order valence-corrected chi connectivity index (χ0v) is 9.88. The van der Waals surface area contributed by atoms with Crippen molar-refractivity contribution in [3.05, 3.63) is 34.3 Å². The molecule has 1 unspecified atom stereocenters. The molecule has 3 nitrogen and oxygen atoms in total. The molecule has 1 saturated heterocycles. The van der Waals surface area contributed by atoms with Crippen molar-refractivity contribution in [1.82, 2.24) is 10.6 Å². The van der Waals surface area contributed by atoms with Crippen LogP contribution in [0, 0.1) is 0 Å². The van der Waals surface area contributed by atoms with Crippen molar-refractivity contribution < 1.29 is 4.79 Å². The summed E-state index contributed by atoms with van der Waals surface area (Å²) in [7, 11) is 0. The zero-order valence-electron chi connectivity index (χ0n) is 8.29. The maximum absolute atomic E-state index is 10.9. The van der Waals surface area contributed by atoms with Gasteiger partial charge >= 0.3 is 0 Å². The number of hydrogen-bond donors (Lipinski definition) is 2. The summed E-state index contributed by atoms with van der Waals surface area (Å²) in [5.74, 6) is 0.0818. The summed E-state index contributed by atoms with van der Waals surface area (Å²) in [5.41, 5.74) is 1.27. The van der Waals surface area contributed by atoms with Crippen LogP contribution in [0.5, 0.6) is 0 Å². The molecule has 80 valence electrons. The highest BCUT2D eigenvalue weighted by atomic mass is 79.9. The van der Waals surface area contributed by atoms with E-state index in [-0.39, 0.29) is 5.91 Å². The van der Waals surface area contributed by atoms with E-state index in [0.29, 0.717) is 19.1 Å². The first-order valence-corrected chi connectivity index (χ1v) is 5.78. The summed E-state index contributed by atoms with van der Waals surface area (Å²) < 4.78 is 1.13. The molecular formula is C11H13BrN2O. The van der Waals surface area contributed by atoms with Gasteiger partial charge in [0.1, 0.15) is 0 Å². The Bertz CT molecular complexity index is 357. The average molecular weight is 269 g/mol. The number of benzene rings is 1. The van der Waals surface area contributed by atoms with Crippen LogP contribution in [-0.4, -0.2) is 25.0 Å². The number of amides is 1. The van der Waals surface area contributed by atoms with Gasteiger partial charge in [0.15, 0.2) is 0 Å². The second kappa shape index (κ2) is 4.77. The lowest BCUT2D eigenvalue weighted by molar-refractivity contribution is -0.121. The van der Waals surface area contributed by atoms with Crippen LogP contribution in [0.1, 0.15) is 5.56 Å². The molecule has 4 heteroatoms. The van der Waals surface area contributed by atoms with E-state index in [1.807, 2.05) is 18.2 Å². The van der Waals surface area contributed by atoms with Crippen LogP contribution in [-0.2, 0) is 11.2 Å². The molecule has 1 heterocycles. The van der Waals surface area contributed by atoms with Gasteiger partial charge in [-0.15, -0.1) is 0 Å². The van der Waals surface area contributed by atoms with Crippen LogP contribution >= 0.6 is 15.9 Å². The van der Waals surface area contributed by atoms with Crippen LogP contribution in [0.2, 0.25) is 0 Å². The van der Waals surface area contributed by atoms with E-state index in [1.165, 1.54) is 5.56 Å². The lowest BCUT2D eigenvalue weighted by Crippen LogP contribution is -2.52. The number of nitrogens with one attached hydrogen (secondary N) is 2. The van der Waals surface area contributed by atoms with E-state index in [1.54, 1.807) is 0 Å². The molecule has 2 N–H and O–H groups in total. The first-order chi connectivity index (χ1) is 7.25. The van der Waals surface area contributed by atoms with Gasteiger partial charge in [-0.25, -0.2) is 0 Å². The van der Waals surface area contributed by atoms with Crippen molar-refractivity contribution in [1.29, 1.82) is 0 Å². The summed E-state index contributed by atoms with van der Waals surface area (Å²) in [6.07, 6.45) is 0.932. The molecule has 1 aromatic rings. The third-order valence-electron chi connectivity index (χ3n) is 2.52. The highest BCUT2D eigenvalue weighted by molar-refractivity contribution is 9.10. The van der Waals surface area contributed by atoms with Gasteiger partial charge in [-0.2, -0.15) is 0 Å². The number of rotatable bonds is 2. The number of carbonyl (C=O) groups excluding carboxylic acids is 1. The minimum Gasteiger partial charge on any atom is -0.353 e. The van der Waals surface area contributed by atoms with Gasteiger partial charge in [0.2, 0.25) is 5.91 Å². The Labute approximate surface area is 97.4 Å². The van der Waals surface area contributed by atoms with Gasteiger partial charge in [0.25, 0.3) is 0 Å². The molecule has 0 saturated carbocycles. The molecular weight excluding hydrogens is 256 g/mol. The van der Waals surface area contributed by atoms with Gasteiger partial charge in [-0.3, -0.25) is 4.79 Å². The van der Waals surface area contributed by atoms with E-state index in [0.717, 1.165) is 10.9 Å². The average Bonchev–Trinajstić information content (AvgIpc) is 2.25. The van der Waals surface area contributed by atoms with Crippen LogP contribution < -0.4 is 10.6 Å². The fourth-order valence-electron chi connectivity index (χ4n) is 1.68. The second-order valence-electron chi connectivity index (χ2n) is 3.68. The minimum atomic E-state index is 0.0818. The van der Waals surface area contributed by atoms with Crippen molar-refractivity contribution in [2.75, 3.05) is 13.1 Å². The third kappa shape index (κ3) is 2.79. The number of piperazine rings is 1. The van der Waals surface area contributed by atoms with Crippen molar-refractivity contribution in [3.63, 3.8) is 0 Å². The Kier molecular flexibility index (Phi) is 3.38. The Morgan fingerprint density at radius 1 is 1.40 bits per heavy atom. The van der Waals surface area contributed by atoms with Crippen LogP contribution in [0.4, 0.5) is 0 Å². The fourth-order valence-corrected chi connectivity index (χ4v) is 2.13. The minimum absolute atomic E-state index is 0.0818. The Hall–Kier alpha value is -0.870. The standard InChI is InChI=1S/C11H13BrN2O/c12-10-4-2-1-3-8(10)5-9-6-14-11(15)7-13-9/h1-4,9,13H,5-7H2,(H,14,15). The first kappa shape index (κ1) is 10.6. The molecule has 1 atom stereocenters. The molecule has 1 aliphatic rings. The lowest BCUT2D eigenvalue weighted by Gasteiger charge is -2.24. The molecule has 0 aromatic heterocycles. The predicted molar refractivity (Wildman–Crippen MR) is 62.6 cm³/mol. The number of hydrogen-bond acceptors (Lipinski definition) is 2. The van der Waals surface area contributed by atoms with Crippen molar-refractivity contribution in [2.24, 2.45) is 0 Å².